The van der Waals surface area contributed by atoms with E-state index in [2.05, 4.69) is 20.7 Å². The Balaban J connectivity index is 1.58. The minimum atomic E-state index is -1.23. The minimum absolute atomic E-state index is 0.0454. The van der Waals surface area contributed by atoms with Crippen molar-refractivity contribution in [2.24, 2.45) is 5.10 Å². The highest BCUT2D eigenvalue weighted by Gasteiger charge is 2.22. The van der Waals surface area contributed by atoms with Crippen LogP contribution in [-0.4, -0.2) is 79.3 Å². The number of carboxylic acids is 1. The van der Waals surface area contributed by atoms with Crippen LogP contribution in [0.4, 0.5) is 0 Å². The number of nitrogens with one attached hydrogen (secondary N) is 1. The van der Waals surface area contributed by atoms with E-state index >= 15 is 0 Å². The lowest BCUT2D eigenvalue weighted by Gasteiger charge is -2.15. The molecule has 4 rings (SSSR count). The van der Waals surface area contributed by atoms with Crippen LogP contribution in [-0.2, 0) is 4.79 Å². The summed E-state index contributed by atoms with van der Waals surface area (Å²) in [6, 6.07) is 16.0. The van der Waals surface area contributed by atoms with Crippen molar-refractivity contribution in [2.45, 2.75) is 5.16 Å². The van der Waals surface area contributed by atoms with Gasteiger partial charge in [-0.25, -0.2) is 10.2 Å². The van der Waals surface area contributed by atoms with Crippen LogP contribution in [0.2, 0.25) is 0 Å². The summed E-state index contributed by atoms with van der Waals surface area (Å²) in [4.78, 5) is 24.6. The van der Waals surface area contributed by atoms with Crippen molar-refractivity contribution in [3.8, 4) is 45.8 Å². The van der Waals surface area contributed by atoms with Gasteiger partial charge in [0, 0.05) is 16.8 Å². The second-order valence-corrected chi connectivity index (χ2v) is 9.49. The minimum Gasteiger partial charge on any atom is -0.493 e. The molecule has 0 aliphatic carbocycles. The van der Waals surface area contributed by atoms with Crippen LogP contribution in [0.5, 0.6) is 28.7 Å². The molecule has 0 saturated carbocycles. The molecule has 0 radical (unpaired) electrons. The number of hydrazone groups is 1. The van der Waals surface area contributed by atoms with Crippen LogP contribution >= 0.6 is 11.8 Å². The maximum atomic E-state index is 12.7. The first-order valence-corrected chi connectivity index (χ1v) is 13.6. The molecule has 0 atom stereocenters. The van der Waals surface area contributed by atoms with E-state index in [9.17, 15) is 14.7 Å². The van der Waals surface area contributed by atoms with Gasteiger partial charge in [0.2, 0.25) is 5.75 Å². The lowest BCUT2D eigenvalue weighted by molar-refractivity contribution is -0.118. The number of para-hydroxylation sites is 1. The standard InChI is InChI=1S/C29H29N5O8S/c1-38-20-12-11-17(24(28(36)37)26(20)42-5)15-30-31-23(35)16-43-29-33-32-27(34(29)19-9-7-6-8-10-19)18-13-21(39-2)25(41-4)22(14-18)40-3/h6-15H,16H2,1-5H3,(H,31,35)(H,36,37)/b30-15+. The van der Waals surface area contributed by atoms with Crippen molar-refractivity contribution < 1.29 is 38.4 Å². The van der Waals surface area contributed by atoms with Crippen LogP contribution in [0.15, 0.2) is 64.9 Å². The third kappa shape index (κ3) is 6.64. The van der Waals surface area contributed by atoms with Gasteiger partial charge < -0.3 is 28.8 Å². The molecule has 1 aromatic heterocycles. The van der Waals surface area contributed by atoms with Crippen molar-refractivity contribution in [3.05, 3.63) is 65.7 Å². The van der Waals surface area contributed by atoms with Gasteiger partial charge in [-0.05, 0) is 36.4 Å². The molecule has 14 heteroatoms. The van der Waals surface area contributed by atoms with E-state index in [4.69, 9.17) is 23.7 Å². The Morgan fingerprint density at radius 3 is 2.12 bits per heavy atom. The van der Waals surface area contributed by atoms with Crippen molar-refractivity contribution >= 4 is 29.9 Å². The number of hydrogen-bond donors (Lipinski definition) is 2. The highest BCUT2D eigenvalue weighted by Crippen LogP contribution is 2.41. The predicted molar refractivity (Wildman–Crippen MR) is 159 cm³/mol. The van der Waals surface area contributed by atoms with Crippen molar-refractivity contribution in [1.29, 1.82) is 0 Å². The summed E-state index contributed by atoms with van der Waals surface area (Å²) in [6.45, 7) is 0. The van der Waals surface area contributed by atoms with Gasteiger partial charge in [0.1, 0.15) is 5.56 Å². The predicted octanol–water partition coefficient (Wildman–Crippen LogP) is 3.92. The molecule has 13 nitrogen and oxygen atoms in total. The van der Waals surface area contributed by atoms with Crippen molar-refractivity contribution in [2.75, 3.05) is 41.3 Å². The zero-order chi connectivity index (χ0) is 30.9. The number of amides is 1. The number of nitrogens with zero attached hydrogens (tertiary/aromatic N) is 4. The van der Waals surface area contributed by atoms with Crippen LogP contribution in [0, 0.1) is 0 Å². The average Bonchev–Trinajstić information content (AvgIpc) is 3.46. The van der Waals surface area contributed by atoms with E-state index in [0.29, 0.717) is 33.8 Å². The number of hydrogen-bond acceptors (Lipinski definition) is 11. The molecule has 0 bridgehead atoms. The molecule has 1 amide bonds. The first kappa shape index (κ1) is 30.7. The smallest absolute Gasteiger partial charge is 0.340 e. The van der Waals surface area contributed by atoms with Gasteiger partial charge in [0.05, 0.1) is 47.5 Å². The summed E-state index contributed by atoms with van der Waals surface area (Å²) in [6.07, 6.45) is 1.23. The molecule has 0 spiro atoms. The highest BCUT2D eigenvalue weighted by atomic mass is 32.2. The molecule has 0 unspecified atom stereocenters. The number of aromatic carboxylic acids is 1. The number of aromatic nitrogens is 3. The van der Waals surface area contributed by atoms with Crippen molar-refractivity contribution in [3.63, 3.8) is 0 Å². The van der Waals surface area contributed by atoms with Gasteiger partial charge in [0.15, 0.2) is 34.0 Å². The van der Waals surface area contributed by atoms with E-state index in [1.165, 1.54) is 47.8 Å². The van der Waals surface area contributed by atoms with E-state index < -0.39 is 11.9 Å². The topological polar surface area (TPSA) is 156 Å². The van der Waals surface area contributed by atoms with E-state index in [0.717, 1.165) is 17.4 Å². The van der Waals surface area contributed by atoms with Crippen LogP contribution in [0.3, 0.4) is 0 Å². The summed E-state index contributed by atoms with van der Waals surface area (Å²) >= 11 is 1.14. The Hall–Kier alpha value is -5.24. The number of carbonyl (C=O) groups excluding carboxylic acids is 1. The fourth-order valence-corrected chi connectivity index (χ4v) is 4.92. The average molecular weight is 608 g/mol. The maximum Gasteiger partial charge on any atom is 0.340 e. The maximum absolute atomic E-state index is 12.7. The normalized spacial score (nSPS) is 10.8. The molecular weight excluding hydrogens is 578 g/mol. The summed E-state index contributed by atoms with van der Waals surface area (Å²) in [5.41, 5.74) is 3.90. The second-order valence-electron chi connectivity index (χ2n) is 8.54. The quantitative estimate of drug-likeness (QED) is 0.129. The Bertz CT molecular complexity index is 1620. The zero-order valence-electron chi connectivity index (χ0n) is 24.0. The van der Waals surface area contributed by atoms with E-state index in [-0.39, 0.29) is 28.4 Å². The number of carboxylic acid groups (broad SMARTS) is 1. The first-order chi connectivity index (χ1) is 20.9. The SMILES string of the molecule is COc1cc(-c2nnc(SCC(=O)N/N=C/c3ccc(OC)c(OC)c3C(=O)O)n2-c2ccccc2)cc(OC)c1OC. The number of ether oxygens (including phenoxy) is 5. The summed E-state index contributed by atoms with van der Waals surface area (Å²) in [5, 5.41) is 22.8. The third-order valence-electron chi connectivity index (χ3n) is 6.09. The Morgan fingerprint density at radius 1 is 0.884 bits per heavy atom. The second kappa shape index (κ2) is 14.1. The molecule has 3 aromatic carbocycles. The Morgan fingerprint density at radius 2 is 1.53 bits per heavy atom. The largest absolute Gasteiger partial charge is 0.493 e. The molecule has 0 aliphatic heterocycles. The molecule has 1 heterocycles. The van der Waals surface area contributed by atoms with Gasteiger partial charge >= 0.3 is 5.97 Å². The number of rotatable bonds is 13. The van der Waals surface area contributed by atoms with Crippen LogP contribution < -0.4 is 29.1 Å². The lowest BCUT2D eigenvalue weighted by atomic mass is 10.1. The molecule has 224 valence electrons. The molecule has 43 heavy (non-hydrogen) atoms. The highest BCUT2D eigenvalue weighted by molar-refractivity contribution is 7.99. The Labute approximate surface area is 251 Å². The fourth-order valence-electron chi connectivity index (χ4n) is 4.18. The number of methoxy groups -OCH3 is 5. The monoisotopic (exact) mass is 607 g/mol. The summed E-state index contributed by atoms with van der Waals surface area (Å²) in [7, 11) is 7.32. The van der Waals surface area contributed by atoms with Crippen LogP contribution in [0.25, 0.3) is 17.1 Å². The van der Waals surface area contributed by atoms with E-state index in [1.807, 2.05) is 34.9 Å². The number of benzene rings is 3. The Kier molecular flexibility index (Phi) is 10.1. The summed E-state index contributed by atoms with van der Waals surface area (Å²) in [5.74, 6) is 0.386. The summed E-state index contributed by atoms with van der Waals surface area (Å²) < 4.78 is 28.6. The van der Waals surface area contributed by atoms with Gasteiger partial charge in [-0.15, -0.1) is 10.2 Å². The van der Waals surface area contributed by atoms with Crippen LogP contribution in [0.1, 0.15) is 15.9 Å². The molecule has 4 aromatic rings. The van der Waals surface area contributed by atoms with Gasteiger partial charge in [-0.2, -0.15) is 5.10 Å². The molecule has 2 N–H and O–H groups in total. The van der Waals surface area contributed by atoms with Gasteiger partial charge in [0.25, 0.3) is 5.91 Å². The molecule has 0 fully saturated rings. The fraction of sp³-hybridized carbons (Fsp3) is 0.207. The number of carbonyl (C=O) groups is 2. The van der Waals surface area contributed by atoms with Gasteiger partial charge in [-0.3, -0.25) is 9.36 Å². The molecule has 0 saturated heterocycles. The first-order valence-electron chi connectivity index (χ1n) is 12.6. The molecule has 0 aliphatic rings. The lowest BCUT2D eigenvalue weighted by Crippen LogP contribution is -2.20. The van der Waals surface area contributed by atoms with E-state index in [1.54, 1.807) is 18.2 Å². The third-order valence-corrected chi connectivity index (χ3v) is 7.02. The van der Waals surface area contributed by atoms with Crippen molar-refractivity contribution in [1.82, 2.24) is 20.2 Å². The number of thioether (sulfide) groups is 1. The zero-order valence-corrected chi connectivity index (χ0v) is 24.8. The molecular formula is C29H29N5O8S. The van der Waals surface area contributed by atoms with Gasteiger partial charge in [-0.1, -0.05) is 30.0 Å².